The van der Waals surface area contributed by atoms with Crippen LogP contribution in [0, 0.1) is 0 Å². The predicted molar refractivity (Wildman–Crippen MR) is 118 cm³/mol. The molecule has 0 amide bonds. The number of fused-ring (bicyclic) bond motifs is 1. The molecule has 0 unspecified atom stereocenters. The molecule has 3 heterocycles. The number of hydrogen-bond donors (Lipinski definition) is 0. The zero-order valence-corrected chi connectivity index (χ0v) is 17.5. The second kappa shape index (κ2) is 7.21. The molecule has 152 valence electrons. The Hall–Kier alpha value is -2.83. The molecule has 0 spiro atoms. The van der Waals surface area contributed by atoms with Gasteiger partial charge in [-0.15, -0.1) is 0 Å². The van der Waals surface area contributed by atoms with E-state index in [1.54, 1.807) is 6.33 Å². The fourth-order valence-electron chi connectivity index (χ4n) is 4.51. The van der Waals surface area contributed by atoms with Gasteiger partial charge in [0.05, 0.1) is 11.0 Å². The first-order chi connectivity index (χ1) is 14.1. The van der Waals surface area contributed by atoms with E-state index in [2.05, 4.69) is 61.7 Å². The lowest BCUT2D eigenvalue weighted by molar-refractivity contribution is 0.453. The SMILES string of the molecule is CN(C)c1cc(N(C2CC2)C2CCN(c3nc4ccccc4n3C)CC2)ncn1. The minimum Gasteiger partial charge on any atom is -0.363 e. The number of aromatic nitrogens is 4. The summed E-state index contributed by atoms with van der Waals surface area (Å²) in [6.07, 6.45) is 6.50. The summed E-state index contributed by atoms with van der Waals surface area (Å²) >= 11 is 0. The molecular formula is C22H29N7. The Morgan fingerprint density at radius 2 is 1.62 bits per heavy atom. The van der Waals surface area contributed by atoms with Gasteiger partial charge in [0.1, 0.15) is 18.0 Å². The van der Waals surface area contributed by atoms with E-state index in [-0.39, 0.29) is 0 Å². The van der Waals surface area contributed by atoms with Crippen molar-refractivity contribution >= 4 is 28.6 Å². The molecule has 2 fully saturated rings. The fourth-order valence-corrected chi connectivity index (χ4v) is 4.51. The van der Waals surface area contributed by atoms with Crippen molar-refractivity contribution in [2.24, 2.45) is 7.05 Å². The molecule has 1 aromatic carbocycles. The van der Waals surface area contributed by atoms with Crippen molar-refractivity contribution in [2.45, 2.75) is 37.8 Å². The Kier molecular flexibility index (Phi) is 4.53. The minimum atomic E-state index is 0.526. The number of nitrogens with zero attached hydrogens (tertiary/aromatic N) is 7. The van der Waals surface area contributed by atoms with Gasteiger partial charge in [0.15, 0.2) is 0 Å². The lowest BCUT2D eigenvalue weighted by Gasteiger charge is -2.39. The summed E-state index contributed by atoms with van der Waals surface area (Å²) in [5.74, 6) is 3.13. The Labute approximate surface area is 172 Å². The van der Waals surface area contributed by atoms with Crippen LogP contribution in [0.5, 0.6) is 0 Å². The maximum atomic E-state index is 4.89. The van der Waals surface area contributed by atoms with Crippen LogP contribution in [-0.4, -0.2) is 58.8 Å². The maximum absolute atomic E-state index is 4.89. The van der Waals surface area contributed by atoms with E-state index < -0.39 is 0 Å². The number of rotatable bonds is 5. The Morgan fingerprint density at radius 3 is 2.31 bits per heavy atom. The van der Waals surface area contributed by atoms with Gasteiger partial charge in [-0.05, 0) is 37.8 Å². The third-order valence-corrected chi connectivity index (χ3v) is 6.21. The summed E-state index contributed by atoms with van der Waals surface area (Å²) in [5, 5.41) is 0. The average Bonchev–Trinajstić information content (AvgIpc) is 3.52. The minimum absolute atomic E-state index is 0.526. The number of anilines is 3. The third-order valence-electron chi connectivity index (χ3n) is 6.21. The molecule has 5 rings (SSSR count). The Morgan fingerprint density at radius 1 is 0.931 bits per heavy atom. The molecular weight excluding hydrogens is 362 g/mol. The monoisotopic (exact) mass is 391 g/mol. The van der Waals surface area contributed by atoms with E-state index in [0.717, 1.165) is 49.0 Å². The first kappa shape index (κ1) is 18.2. The van der Waals surface area contributed by atoms with Crippen LogP contribution in [0.3, 0.4) is 0 Å². The molecule has 1 saturated carbocycles. The van der Waals surface area contributed by atoms with Crippen molar-refractivity contribution in [3.63, 3.8) is 0 Å². The first-order valence-electron chi connectivity index (χ1n) is 10.6. The van der Waals surface area contributed by atoms with Gasteiger partial charge in [0.25, 0.3) is 0 Å². The number of aryl methyl sites for hydroxylation is 1. The highest BCUT2D eigenvalue weighted by Gasteiger charge is 2.37. The summed E-state index contributed by atoms with van der Waals surface area (Å²) in [6.45, 7) is 2.05. The molecule has 0 N–H and O–H groups in total. The van der Waals surface area contributed by atoms with Crippen molar-refractivity contribution in [3.8, 4) is 0 Å². The fraction of sp³-hybridized carbons (Fsp3) is 0.500. The van der Waals surface area contributed by atoms with Gasteiger partial charge in [-0.2, -0.15) is 0 Å². The van der Waals surface area contributed by atoms with E-state index in [9.17, 15) is 0 Å². The van der Waals surface area contributed by atoms with E-state index in [1.807, 2.05) is 19.0 Å². The molecule has 1 aliphatic carbocycles. The van der Waals surface area contributed by atoms with Crippen molar-refractivity contribution in [2.75, 3.05) is 41.9 Å². The number of benzene rings is 1. The smallest absolute Gasteiger partial charge is 0.206 e. The third kappa shape index (κ3) is 3.39. The predicted octanol–water partition coefficient (Wildman–Crippen LogP) is 3.07. The van der Waals surface area contributed by atoms with Gasteiger partial charge in [-0.1, -0.05) is 12.1 Å². The van der Waals surface area contributed by atoms with Gasteiger partial charge in [-0.25, -0.2) is 15.0 Å². The second-order valence-corrected chi connectivity index (χ2v) is 8.45. The molecule has 2 aromatic heterocycles. The molecule has 7 nitrogen and oxygen atoms in total. The van der Waals surface area contributed by atoms with Crippen LogP contribution in [-0.2, 0) is 7.05 Å². The second-order valence-electron chi connectivity index (χ2n) is 8.45. The normalized spacial score (nSPS) is 17.7. The van der Waals surface area contributed by atoms with Crippen molar-refractivity contribution in [1.29, 1.82) is 0 Å². The van der Waals surface area contributed by atoms with E-state index in [1.165, 1.54) is 18.4 Å². The van der Waals surface area contributed by atoms with Crippen LogP contribution in [0.25, 0.3) is 11.0 Å². The lowest BCUT2D eigenvalue weighted by Crippen LogP contribution is -2.47. The van der Waals surface area contributed by atoms with Gasteiger partial charge in [0, 0.05) is 52.4 Å². The first-order valence-corrected chi connectivity index (χ1v) is 10.6. The highest BCUT2D eigenvalue weighted by atomic mass is 15.3. The van der Waals surface area contributed by atoms with E-state index in [4.69, 9.17) is 4.98 Å². The summed E-state index contributed by atoms with van der Waals surface area (Å²) in [6, 6.07) is 11.7. The molecule has 1 saturated heterocycles. The van der Waals surface area contributed by atoms with Crippen LogP contribution >= 0.6 is 0 Å². The van der Waals surface area contributed by atoms with Crippen LogP contribution in [0.2, 0.25) is 0 Å². The number of para-hydroxylation sites is 2. The molecule has 3 aromatic rings. The highest BCUT2D eigenvalue weighted by Crippen LogP contribution is 2.36. The van der Waals surface area contributed by atoms with Crippen molar-refractivity contribution < 1.29 is 0 Å². The summed E-state index contributed by atoms with van der Waals surface area (Å²) in [7, 11) is 6.18. The number of imidazole rings is 1. The topological polar surface area (TPSA) is 53.3 Å². The lowest BCUT2D eigenvalue weighted by atomic mass is 10.0. The molecule has 1 aliphatic heterocycles. The quantitative estimate of drug-likeness (QED) is 0.666. The van der Waals surface area contributed by atoms with Gasteiger partial charge in [0.2, 0.25) is 5.95 Å². The molecule has 29 heavy (non-hydrogen) atoms. The maximum Gasteiger partial charge on any atom is 0.206 e. The zero-order chi connectivity index (χ0) is 20.0. The highest BCUT2D eigenvalue weighted by molar-refractivity contribution is 5.78. The van der Waals surface area contributed by atoms with Gasteiger partial charge >= 0.3 is 0 Å². The van der Waals surface area contributed by atoms with Crippen LogP contribution in [0.1, 0.15) is 25.7 Å². The van der Waals surface area contributed by atoms with Crippen molar-refractivity contribution in [1.82, 2.24) is 19.5 Å². The zero-order valence-electron chi connectivity index (χ0n) is 17.5. The summed E-state index contributed by atoms with van der Waals surface area (Å²) < 4.78 is 2.22. The summed E-state index contributed by atoms with van der Waals surface area (Å²) in [4.78, 5) is 21.0. The molecule has 0 bridgehead atoms. The van der Waals surface area contributed by atoms with E-state index >= 15 is 0 Å². The van der Waals surface area contributed by atoms with Crippen LogP contribution < -0.4 is 14.7 Å². The molecule has 7 heteroatoms. The Bertz CT molecular complexity index is 999. The Balaban J connectivity index is 1.34. The number of piperidine rings is 1. The molecule has 0 radical (unpaired) electrons. The van der Waals surface area contributed by atoms with Crippen LogP contribution in [0.15, 0.2) is 36.7 Å². The van der Waals surface area contributed by atoms with Crippen molar-refractivity contribution in [3.05, 3.63) is 36.7 Å². The standard InChI is InChI=1S/C22H29N7/c1-26(2)20-14-21(24-15-23-20)29(16-8-9-16)17-10-12-28(13-11-17)22-25-18-6-4-5-7-19(18)27(22)3/h4-7,14-17H,8-13H2,1-3H3. The molecule has 0 atom stereocenters. The number of hydrogen-bond acceptors (Lipinski definition) is 6. The average molecular weight is 392 g/mol. The largest absolute Gasteiger partial charge is 0.363 e. The molecule has 2 aliphatic rings. The van der Waals surface area contributed by atoms with Crippen LogP contribution in [0.4, 0.5) is 17.6 Å². The summed E-state index contributed by atoms with van der Waals surface area (Å²) in [5.41, 5.74) is 2.27. The van der Waals surface area contributed by atoms with E-state index in [0.29, 0.717) is 12.1 Å². The van der Waals surface area contributed by atoms with Gasteiger partial charge < -0.3 is 19.3 Å². The van der Waals surface area contributed by atoms with Gasteiger partial charge in [-0.3, -0.25) is 0 Å².